The summed E-state index contributed by atoms with van der Waals surface area (Å²) in [5, 5.41) is 2.87. The minimum Gasteiger partial charge on any atom is -0.372 e. The highest BCUT2D eigenvalue weighted by Crippen LogP contribution is 2.22. The second kappa shape index (κ2) is 6.10. The average molecular weight is 267 g/mol. The Morgan fingerprint density at radius 2 is 1.94 bits per heavy atom. The first-order valence-electron chi connectivity index (χ1n) is 6.42. The number of hydrogen-bond donors (Lipinski definition) is 1. The quantitative estimate of drug-likeness (QED) is 0.850. The summed E-state index contributed by atoms with van der Waals surface area (Å²) < 4.78 is 0. The first-order valence-corrected chi connectivity index (χ1v) is 6.96. The molecule has 1 fully saturated rings. The van der Waals surface area contributed by atoms with Gasteiger partial charge in [-0.25, -0.2) is 0 Å². The van der Waals surface area contributed by atoms with E-state index in [4.69, 9.17) is 11.6 Å². The van der Waals surface area contributed by atoms with Crippen molar-refractivity contribution in [1.82, 2.24) is 0 Å². The molecule has 1 saturated heterocycles. The van der Waals surface area contributed by atoms with E-state index in [2.05, 4.69) is 22.3 Å². The van der Waals surface area contributed by atoms with Crippen LogP contribution in [0.5, 0.6) is 0 Å². The highest BCUT2D eigenvalue weighted by molar-refractivity contribution is 6.19. The van der Waals surface area contributed by atoms with Gasteiger partial charge in [0.2, 0.25) is 5.91 Å². The maximum atomic E-state index is 11.7. The van der Waals surface area contributed by atoms with E-state index in [0.717, 1.165) is 18.8 Å². The van der Waals surface area contributed by atoms with Crippen LogP contribution in [0.2, 0.25) is 0 Å². The van der Waals surface area contributed by atoms with Crippen LogP contribution in [0.25, 0.3) is 0 Å². The van der Waals surface area contributed by atoms with Gasteiger partial charge in [0.25, 0.3) is 0 Å². The molecule has 2 rings (SSSR count). The predicted molar refractivity (Wildman–Crippen MR) is 76.4 cm³/mol. The summed E-state index contributed by atoms with van der Waals surface area (Å²) in [6.45, 7) is 4.09. The van der Waals surface area contributed by atoms with Crippen LogP contribution in [0.1, 0.15) is 19.8 Å². The fourth-order valence-electron chi connectivity index (χ4n) is 2.07. The summed E-state index contributed by atoms with van der Waals surface area (Å²) >= 11 is 5.66. The van der Waals surface area contributed by atoms with Crippen LogP contribution >= 0.6 is 11.6 Å². The highest BCUT2D eigenvalue weighted by Gasteiger charge is 2.13. The third-order valence-electron chi connectivity index (χ3n) is 3.29. The van der Waals surface area contributed by atoms with E-state index < -0.39 is 0 Å². The van der Waals surface area contributed by atoms with Crippen molar-refractivity contribution in [2.24, 2.45) is 5.92 Å². The van der Waals surface area contributed by atoms with Crippen molar-refractivity contribution in [3.05, 3.63) is 24.3 Å². The first-order chi connectivity index (χ1) is 8.70. The number of nitrogens with zero attached hydrogens (tertiary/aromatic N) is 1. The van der Waals surface area contributed by atoms with Gasteiger partial charge < -0.3 is 10.2 Å². The van der Waals surface area contributed by atoms with Crippen LogP contribution in [0.4, 0.5) is 11.4 Å². The number of anilines is 2. The molecule has 18 heavy (non-hydrogen) atoms. The lowest BCUT2D eigenvalue weighted by atomic mass is 10.2. The third kappa shape index (κ3) is 3.16. The number of halogens is 1. The molecule has 1 amide bonds. The molecule has 1 heterocycles. The first kappa shape index (κ1) is 13.2. The van der Waals surface area contributed by atoms with Gasteiger partial charge in [-0.3, -0.25) is 4.79 Å². The van der Waals surface area contributed by atoms with E-state index in [9.17, 15) is 4.79 Å². The molecular weight excluding hydrogens is 248 g/mol. The van der Waals surface area contributed by atoms with Crippen LogP contribution in [0.3, 0.4) is 0 Å². The molecule has 0 aliphatic carbocycles. The fourth-order valence-corrected chi connectivity index (χ4v) is 2.21. The number of hydrogen-bond acceptors (Lipinski definition) is 2. The molecule has 0 saturated carbocycles. The molecule has 0 radical (unpaired) electrons. The maximum Gasteiger partial charge on any atom is 0.228 e. The SMILES string of the molecule is CC(CCl)C(=O)Nc1ccc(N2CCCC2)cc1. The molecule has 1 N–H and O–H groups in total. The summed E-state index contributed by atoms with van der Waals surface area (Å²) in [4.78, 5) is 14.0. The van der Waals surface area contributed by atoms with Crippen molar-refractivity contribution < 1.29 is 4.79 Å². The Morgan fingerprint density at radius 1 is 1.33 bits per heavy atom. The van der Waals surface area contributed by atoms with Crippen LogP contribution in [-0.4, -0.2) is 24.9 Å². The van der Waals surface area contributed by atoms with E-state index in [0.29, 0.717) is 5.88 Å². The number of rotatable bonds is 4. The Bertz CT molecular complexity index is 399. The van der Waals surface area contributed by atoms with Gasteiger partial charge in [0, 0.05) is 36.3 Å². The molecule has 1 aromatic carbocycles. The van der Waals surface area contributed by atoms with E-state index in [-0.39, 0.29) is 11.8 Å². The predicted octanol–water partition coefficient (Wildman–Crippen LogP) is 3.10. The molecule has 1 aromatic rings. The Kier molecular flexibility index (Phi) is 4.48. The number of benzene rings is 1. The lowest BCUT2D eigenvalue weighted by Crippen LogP contribution is -2.21. The zero-order valence-corrected chi connectivity index (χ0v) is 11.4. The topological polar surface area (TPSA) is 32.3 Å². The van der Waals surface area contributed by atoms with Crippen molar-refractivity contribution in [3.63, 3.8) is 0 Å². The minimum absolute atomic E-state index is 0.0288. The Labute approximate surface area is 113 Å². The number of alkyl halides is 1. The second-order valence-corrected chi connectivity index (χ2v) is 5.09. The van der Waals surface area contributed by atoms with Gasteiger partial charge >= 0.3 is 0 Å². The zero-order valence-electron chi connectivity index (χ0n) is 10.7. The number of amides is 1. The van der Waals surface area contributed by atoms with Crippen LogP contribution in [-0.2, 0) is 4.79 Å². The van der Waals surface area contributed by atoms with Crippen molar-refractivity contribution in [3.8, 4) is 0 Å². The van der Waals surface area contributed by atoms with Gasteiger partial charge in [0.1, 0.15) is 0 Å². The Balaban J connectivity index is 1.97. The molecule has 98 valence electrons. The number of nitrogens with one attached hydrogen (secondary N) is 1. The van der Waals surface area contributed by atoms with E-state index in [1.54, 1.807) is 0 Å². The lowest BCUT2D eigenvalue weighted by Gasteiger charge is -2.18. The normalized spacial score (nSPS) is 16.7. The largest absolute Gasteiger partial charge is 0.372 e. The molecule has 1 unspecified atom stereocenters. The van der Waals surface area contributed by atoms with Crippen LogP contribution in [0.15, 0.2) is 24.3 Å². The Hall–Kier alpha value is -1.22. The average Bonchev–Trinajstić information content (AvgIpc) is 2.92. The van der Waals surface area contributed by atoms with Crippen molar-refractivity contribution >= 4 is 28.9 Å². The summed E-state index contributed by atoms with van der Waals surface area (Å²) in [6.07, 6.45) is 2.54. The molecular formula is C14H19ClN2O. The molecule has 1 aliphatic heterocycles. The van der Waals surface area contributed by atoms with Crippen molar-refractivity contribution in [2.75, 3.05) is 29.2 Å². The monoisotopic (exact) mass is 266 g/mol. The Morgan fingerprint density at radius 3 is 2.50 bits per heavy atom. The van der Waals surface area contributed by atoms with Gasteiger partial charge in [-0.1, -0.05) is 6.92 Å². The minimum atomic E-state index is -0.162. The highest BCUT2D eigenvalue weighted by atomic mass is 35.5. The third-order valence-corrected chi connectivity index (χ3v) is 3.75. The van der Waals surface area contributed by atoms with Gasteiger partial charge in [-0.2, -0.15) is 0 Å². The summed E-state index contributed by atoms with van der Waals surface area (Å²) in [6, 6.07) is 8.03. The number of carbonyl (C=O) groups is 1. The standard InChI is InChI=1S/C14H19ClN2O/c1-11(10-15)14(18)16-12-4-6-13(7-5-12)17-8-2-3-9-17/h4-7,11H,2-3,8-10H2,1H3,(H,16,18). The second-order valence-electron chi connectivity index (χ2n) is 4.79. The maximum absolute atomic E-state index is 11.7. The molecule has 0 bridgehead atoms. The molecule has 0 spiro atoms. The van der Waals surface area contributed by atoms with Gasteiger partial charge in [0.05, 0.1) is 0 Å². The van der Waals surface area contributed by atoms with Gasteiger partial charge in [-0.15, -0.1) is 11.6 Å². The molecule has 1 atom stereocenters. The zero-order chi connectivity index (χ0) is 13.0. The van der Waals surface area contributed by atoms with Crippen LogP contribution in [0, 0.1) is 5.92 Å². The van der Waals surface area contributed by atoms with E-state index in [1.807, 2.05) is 19.1 Å². The summed E-state index contributed by atoms with van der Waals surface area (Å²) in [5.74, 6) is 0.154. The fraction of sp³-hybridized carbons (Fsp3) is 0.500. The molecule has 3 nitrogen and oxygen atoms in total. The lowest BCUT2D eigenvalue weighted by molar-refractivity contribution is -0.118. The number of carbonyl (C=O) groups excluding carboxylic acids is 1. The van der Waals surface area contributed by atoms with Gasteiger partial charge in [0.15, 0.2) is 0 Å². The van der Waals surface area contributed by atoms with E-state index in [1.165, 1.54) is 18.5 Å². The van der Waals surface area contributed by atoms with E-state index >= 15 is 0 Å². The van der Waals surface area contributed by atoms with Crippen molar-refractivity contribution in [2.45, 2.75) is 19.8 Å². The summed E-state index contributed by atoms with van der Waals surface area (Å²) in [7, 11) is 0. The smallest absolute Gasteiger partial charge is 0.228 e. The van der Waals surface area contributed by atoms with Crippen molar-refractivity contribution in [1.29, 1.82) is 0 Å². The summed E-state index contributed by atoms with van der Waals surface area (Å²) in [5.41, 5.74) is 2.07. The van der Waals surface area contributed by atoms with Crippen LogP contribution < -0.4 is 10.2 Å². The molecule has 0 aromatic heterocycles. The molecule has 4 heteroatoms. The van der Waals surface area contributed by atoms with Gasteiger partial charge in [-0.05, 0) is 37.1 Å². The molecule has 1 aliphatic rings.